The smallest absolute Gasteiger partial charge is 0.317 e. The fraction of sp³-hybridized carbons (Fsp3) is 0.867. The van der Waals surface area contributed by atoms with Crippen molar-refractivity contribution in [3.8, 4) is 0 Å². The molecule has 126 valence electrons. The van der Waals surface area contributed by atoms with Gasteiger partial charge in [0.2, 0.25) is 5.91 Å². The average molecular weight is 314 g/mol. The first-order chi connectivity index (χ1) is 10.6. The van der Waals surface area contributed by atoms with Gasteiger partial charge in [0, 0.05) is 25.3 Å². The molecule has 2 N–H and O–H groups in total. The maximum absolute atomic E-state index is 11.8. The third-order valence-corrected chi connectivity index (χ3v) is 4.36. The van der Waals surface area contributed by atoms with Crippen LogP contribution in [0.1, 0.15) is 32.6 Å². The summed E-state index contributed by atoms with van der Waals surface area (Å²) >= 11 is 0. The number of aliphatic carboxylic acids is 1. The first-order valence-electron chi connectivity index (χ1n) is 8.03. The second kappa shape index (κ2) is 8.45. The van der Waals surface area contributed by atoms with Gasteiger partial charge in [0.1, 0.15) is 6.61 Å². The summed E-state index contributed by atoms with van der Waals surface area (Å²) in [6, 6.07) is 0.390. The number of carboxylic acids is 1. The Balaban J connectivity index is 1.60. The highest BCUT2D eigenvalue weighted by Gasteiger charge is 2.34. The number of ether oxygens (including phenoxy) is 2. The third kappa shape index (κ3) is 5.23. The van der Waals surface area contributed by atoms with Crippen LogP contribution in [0.2, 0.25) is 0 Å². The van der Waals surface area contributed by atoms with Crippen molar-refractivity contribution in [3.63, 3.8) is 0 Å². The van der Waals surface area contributed by atoms with Gasteiger partial charge < -0.3 is 19.9 Å². The molecule has 0 aromatic carbocycles. The predicted octanol–water partition coefficient (Wildman–Crippen LogP) is 0.236. The van der Waals surface area contributed by atoms with E-state index in [4.69, 9.17) is 14.6 Å². The van der Waals surface area contributed by atoms with Crippen molar-refractivity contribution in [2.75, 3.05) is 32.9 Å². The van der Waals surface area contributed by atoms with Gasteiger partial charge in [0.05, 0.1) is 12.6 Å². The fourth-order valence-corrected chi connectivity index (χ4v) is 2.98. The van der Waals surface area contributed by atoms with Gasteiger partial charge in [-0.25, -0.2) is 0 Å². The summed E-state index contributed by atoms with van der Waals surface area (Å²) in [5, 5.41) is 11.8. The molecule has 2 rings (SSSR count). The van der Waals surface area contributed by atoms with E-state index in [2.05, 4.69) is 5.32 Å². The van der Waals surface area contributed by atoms with Gasteiger partial charge in [0.25, 0.3) is 0 Å². The van der Waals surface area contributed by atoms with Gasteiger partial charge in [0.15, 0.2) is 0 Å². The second-order valence-corrected chi connectivity index (χ2v) is 5.97. The van der Waals surface area contributed by atoms with Gasteiger partial charge in [-0.2, -0.15) is 0 Å². The van der Waals surface area contributed by atoms with Crippen LogP contribution >= 0.6 is 0 Å². The highest BCUT2D eigenvalue weighted by atomic mass is 16.5. The Morgan fingerprint density at radius 1 is 1.32 bits per heavy atom. The monoisotopic (exact) mass is 314 g/mol. The number of rotatable bonds is 8. The van der Waals surface area contributed by atoms with Crippen molar-refractivity contribution in [3.05, 3.63) is 0 Å². The minimum Gasteiger partial charge on any atom is -0.480 e. The van der Waals surface area contributed by atoms with E-state index < -0.39 is 5.97 Å². The molecule has 0 bridgehead atoms. The van der Waals surface area contributed by atoms with E-state index in [-0.39, 0.29) is 37.2 Å². The lowest BCUT2D eigenvalue weighted by Crippen LogP contribution is -2.55. The Morgan fingerprint density at radius 2 is 2.00 bits per heavy atom. The van der Waals surface area contributed by atoms with Crippen molar-refractivity contribution in [2.24, 2.45) is 0 Å². The zero-order valence-corrected chi connectivity index (χ0v) is 13.1. The van der Waals surface area contributed by atoms with Gasteiger partial charge in [-0.3, -0.25) is 14.5 Å². The van der Waals surface area contributed by atoms with Gasteiger partial charge in [-0.1, -0.05) is 6.92 Å². The summed E-state index contributed by atoms with van der Waals surface area (Å²) < 4.78 is 10.8. The predicted molar refractivity (Wildman–Crippen MR) is 79.6 cm³/mol. The molecular formula is C15H26N2O5. The Bertz CT molecular complexity index is 378. The van der Waals surface area contributed by atoms with Crippen LogP contribution in [-0.2, 0) is 19.1 Å². The SMILES string of the molecule is CCN(CC(=O)O)C1CC(NC(=O)COC2CCOCC2)C1. The lowest BCUT2D eigenvalue weighted by atomic mass is 9.85. The normalized spacial score (nSPS) is 25.7. The molecule has 0 atom stereocenters. The van der Waals surface area contributed by atoms with Crippen molar-refractivity contribution >= 4 is 11.9 Å². The molecule has 0 aromatic rings. The molecule has 1 aliphatic heterocycles. The molecule has 0 spiro atoms. The summed E-state index contributed by atoms with van der Waals surface area (Å²) in [6.45, 7) is 4.23. The Kier molecular flexibility index (Phi) is 6.60. The van der Waals surface area contributed by atoms with E-state index in [0.29, 0.717) is 19.8 Å². The summed E-state index contributed by atoms with van der Waals surface area (Å²) in [6.07, 6.45) is 3.44. The van der Waals surface area contributed by atoms with Crippen LogP contribution in [0.4, 0.5) is 0 Å². The zero-order valence-electron chi connectivity index (χ0n) is 13.1. The number of nitrogens with one attached hydrogen (secondary N) is 1. The summed E-state index contributed by atoms with van der Waals surface area (Å²) in [7, 11) is 0. The van der Waals surface area contributed by atoms with Gasteiger partial charge >= 0.3 is 5.97 Å². The molecule has 22 heavy (non-hydrogen) atoms. The third-order valence-electron chi connectivity index (χ3n) is 4.36. The van der Waals surface area contributed by atoms with Crippen molar-refractivity contribution in [1.82, 2.24) is 10.2 Å². The molecule has 1 saturated heterocycles. The quantitative estimate of drug-likeness (QED) is 0.667. The number of hydrogen-bond acceptors (Lipinski definition) is 5. The van der Waals surface area contributed by atoms with E-state index in [1.165, 1.54) is 0 Å². The lowest BCUT2D eigenvalue weighted by molar-refractivity contribution is -0.140. The number of amides is 1. The van der Waals surface area contributed by atoms with Gasteiger partial charge in [-0.05, 0) is 32.2 Å². The maximum Gasteiger partial charge on any atom is 0.317 e. The maximum atomic E-state index is 11.8. The Morgan fingerprint density at radius 3 is 2.59 bits per heavy atom. The first kappa shape index (κ1) is 17.2. The van der Waals surface area contributed by atoms with Crippen molar-refractivity contribution in [2.45, 2.75) is 50.8 Å². The highest BCUT2D eigenvalue weighted by Crippen LogP contribution is 2.25. The van der Waals surface area contributed by atoms with Gasteiger partial charge in [-0.15, -0.1) is 0 Å². The summed E-state index contributed by atoms with van der Waals surface area (Å²) in [4.78, 5) is 24.5. The van der Waals surface area contributed by atoms with Crippen LogP contribution in [0.3, 0.4) is 0 Å². The van der Waals surface area contributed by atoms with E-state index in [1.807, 2.05) is 11.8 Å². The van der Waals surface area contributed by atoms with Crippen LogP contribution in [0.25, 0.3) is 0 Å². The molecule has 2 aliphatic rings. The van der Waals surface area contributed by atoms with Crippen LogP contribution in [-0.4, -0.2) is 73.0 Å². The molecule has 1 heterocycles. The second-order valence-electron chi connectivity index (χ2n) is 5.97. The van der Waals surface area contributed by atoms with E-state index in [0.717, 1.165) is 25.7 Å². The molecule has 1 amide bonds. The standard InChI is InChI=1S/C15H26N2O5/c1-2-17(9-15(19)20)12-7-11(8-12)16-14(18)10-22-13-3-5-21-6-4-13/h11-13H,2-10H2,1H3,(H,16,18)(H,19,20). The van der Waals surface area contributed by atoms with Crippen LogP contribution in [0.15, 0.2) is 0 Å². The Hall–Kier alpha value is -1.18. The number of carboxylic acid groups (broad SMARTS) is 1. The number of hydrogen-bond donors (Lipinski definition) is 2. The molecule has 1 aliphatic carbocycles. The number of carbonyl (C=O) groups excluding carboxylic acids is 1. The molecule has 0 radical (unpaired) electrons. The largest absolute Gasteiger partial charge is 0.480 e. The molecule has 7 nitrogen and oxygen atoms in total. The van der Waals surface area contributed by atoms with Crippen LogP contribution in [0, 0.1) is 0 Å². The topological polar surface area (TPSA) is 88.1 Å². The summed E-state index contributed by atoms with van der Waals surface area (Å²) in [5.41, 5.74) is 0. The summed E-state index contributed by atoms with van der Waals surface area (Å²) in [5.74, 6) is -0.893. The number of carbonyl (C=O) groups is 2. The molecule has 0 aromatic heterocycles. The number of likely N-dealkylation sites (N-methyl/N-ethyl adjacent to an activating group) is 1. The minimum absolute atomic E-state index is 0.0642. The number of nitrogens with zero attached hydrogens (tertiary/aromatic N) is 1. The minimum atomic E-state index is -0.806. The van der Waals surface area contributed by atoms with Crippen molar-refractivity contribution in [1.29, 1.82) is 0 Å². The van der Waals surface area contributed by atoms with E-state index in [1.54, 1.807) is 0 Å². The molecule has 1 saturated carbocycles. The van der Waals surface area contributed by atoms with Crippen LogP contribution < -0.4 is 5.32 Å². The highest BCUT2D eigenvalue weighted by molar-refractivity contribution is 5.77. The fourth-order valence-electron chi connectivity index (χ4n) is 2.98. The first-order valence-corrected chi connectivity index (χ1v) is 8.03. The van der Waals surface area contributed by atoms with E-state index >= 15 is 0 Å². The lowest BCUT2D eigenvalue weighted by Gasteiger charge is -2.42. The molecule has 2 fully saturated rings. The molecule has 0 unspecified atom stereocenters. The van der Waals surface area contributed by atoms with Crippen molar-refractivity contribution < 1.29 is 24.2 Å². The van der Waals surface area contributed by atoms with E-state index in [9.17, 15) is 9.59 Å². The zero-order chi connectivity index (χ0) is 15.9. The Labute approximate surface area is 130 Å². The molecule has 7 heteroatoms. The van der Waals surface area contributed by atoms with Crippen LogP contribution in [0.5, 0.6) is 0 Å². The average Bonchev–Trinajstić information content (AvgIpc) is 2.47. The molecular weight excluding hydrogens is 288 g/mol.